The van der Waals surface area contributed by atoms with E-state index in [4.69, 9.17) is 0 Å². The molecule has 0 radical (unpaired) electrons. The molecule has 1 fully saturated rings. The van der Waals surface area contributed by atoms with Crippen LogP contribution in [0, 0.1) is 11.3 Å². The molecule has 0 aromatic carbocycles. The summed E-state index contributed by atoms with van der Waals surface area (Å²) < 4.78 is 0. The number of amides is 1. The molecule has 1 rings (SSSR count). The predicted molar refractivity (Wildman–Crippen MR) is 90.4 cm³/mol. The van der Waals surface area contributed by atoms with Crippen molar-refractivity contribution in [2.45, 2.75) is 79.2 Å². The van der Waals surface area contributed by atoms with Crippen LogP contribution < -0.4 is 5.32 Å². The smallest absolute Gasteiger partial charge is 0.222 e. The molecule has 0 aromatic rings. The van der Waals surface area contributed by atoms with Gasteiger partial charge in [0.1, 0.15) is 0 Å². The van der Waals surface area contributed by atoms with Gasteiger partial charge in [-0.05, 0) is 43.6 Å². The largest absolute Gasteiger partial charge is 0.341 e. The van der Waals surface area contributed by atoms with E-state index in [0.29, 0.717) is 29.7 Å². The first-order valence-corrected chi connectivity index (χ1v) is 8.83. The van der Waals surface area contributed by atoms with E-state index in [1.807, 2.05) is 0 Å². The average Bonchev–Trinajstić information content (AvgIpc) is 2.37. The van der Waals surface area contributed by atoms with Gasteiger partial charge < -0.3 is 10.2 Å². The lowest BCUT2D eigenvalue weighted by Crippen LogP contribution is -2.46. The average molecular weight is 296 g/mol. The third kappa shape index (κ3) is 7.85. The van der Waals surface area contributed by atoms with Crippen molar-refractivity contribution in [1.82, 2.24) is 10.2 Å². The summed E-state index contributed by atoms with van der Waals surface area (Å²) in [4.78, 5) is 14.7. The Morgan fingerprint density at radius 2 is 2.05 bits per heavy atom. The van der Waals surface area contributed by atoms with Gasteiger partial charge in [0.15, 0.2) is 0 Å². The van der Waals surface area contributed by atoms with Crippen LogP contribution in [0.3, 0.4) is 0 Å². The number of hydrogen-bond acceptors (Lipinski definition) is 2. The summed E-state index contributed by atoms with van der Waals surface area (Å²) >= 11 is 0. The Hall–Kier alpha value is -0.570. The second-order valence-electron chi connectivity index (χ2n) is 8.06. The number of piperidine rings is 1. The van der Waals surface area contributed by atoms with Gasteiger partial charge in [0.2, 0.25) is 5.91 Å². The van der Waals surface area contributed by atoms with Crippen LogP contribution in [-0.2, 0) is 4.79 Å². The monoisotopic (exact) mass is 296 g/mol. The Morgan fingerprint density at radius 3 is 2.57 bits per heavy atom. The third-order valence-electron chi connectivity index (χ3n) is 4.18. The molecule has 124 valence electrons. The molecule has 1 aliphatic heterocycles. The zero-order valence-corrected chi connectivity index (χ0v) is 14.9. The number of hydrogen-bond donors (Lipinski definition) is 1. The van der Waals surface area contributed by atoms with Crippen LogP contribution in [0.4, 0.5) is 0 Å². The molecule has 1 aliphatic rings. The molecule has 3 heteroatoms. The van der Waals surface area contributed by atoms with Crippen LogP contribution in [0.5, 0.6) is 0 Å². The Bertz CT molecular complexity index is 303. The summed E-state index contributed by atoms with van der Waals surface area (Å²) in [7, 11) is 0. The van der Waals surface area contributed by atoms with E-state index in [9.17, 15) is 4.79 Å². The van der Waals surface area contributed by atoms with Crippen molar-refractivity contribution in [3.05, 3.63) is 0 Å². The summed E-state index contributed by atoms with van der Waals surface area (Å²) in [6, 6.07) is 0.507. The zero-order chi connectivity index (χ0) is 15.9. The van der Waals surface area contributed by atoms with Gasteiger partial charge in [-0.1, -0.05) is 41.0 Å². The highest BCUT2D eigenvalue weighted by molar-refractivity contribution is 5.76. The Morgan fingerprint density at radius 1 is 1.33 bits per heavy atom. The first kappa shape index (κ1) is 18.5. The molecule has 21 heavy (non-hydrogen) atoms. The topological polar surface area (TPSA) is 32.3 Å². The minimum Gasteiger partial charge on any atom is -0.341 e. The summed E-state index contributed by atoms with van der Waals surface area (Å²) in [5.41, 5.74) is 0.306. The van der Waals surface area contributed by atoms with E-state index in [2.05, 4.69) is 44.8 Å². The van der Waals surface area contributed by atoms with Gasteiger partial charge in [-0.15, -0.1) is 0 Å². The molecular formula is C18H36N2O. The normalized spacial score (nSPS) is 21.1. The second-order valence-corrected chi connectivity index (χ2v) is 8.06. The predicted octanol–water partition coefficient (Wildman–Crippen LogP) is 3.83. The molecule has 3 nitrogen and oxygen atoms in total. The lowest BCUT2D eigenvalue weighted by atomic mass is 9.84. The maximum Gasteiger partial charge on any atom is 0.222 e. The molecule has 1 saturated heterocycles. The van der Waals surface area contributed by atoms with Crippen LogP contribution in [0.1, 0.15) is 73.1 Å². The van der Waals surface area contributed by atoms with Gasteiger partial charge in [0, 0.05) is 25.6 Å². The first-order valence-electron chi connectivity index (χ1n) is 8.83. The third-order valence-corrected chi connectivity index (χ3v) is 4.18. The number of nitrogens with one attached hydrogen (secondary N) is 1. The SMILES string of the molecule is CCCN(CC1CCCCN1)C(=O)CC(C)CC(C)(C)C. The van der Waals surface area contributed by atoms with E-state index < -0.39 is 0 Å². The molecule has 2 atom stereocenters. The molecule has 1 amide bonds. The minimum absolute atomic E-state index is 0.306. The molecule has 0 bridgehead atoms. The Kier molecular flexibility index (Phi) is 7.72. The van der Waals surface area contributed by atoms with Gasteiger partial charge >= 0.3 is 0 Å². The van der Waals surface area contributed by atoms with Crippen LogP contribution in [0.2, 0.25) is 0 Å². The summed E-state index contributed by atoms with van der Waals surface area (Å²) in [5.74, 6) is 0.817. The van der Waals surface area contributed by atoms with E-state index in [-0.39, 0.29) is 0 Å². The van der Waals surface area contributed by atoms with E-state index in [1.165, 1.54) is 19.3 Å². The summed E-state index contributed by atoms with van der Waals surface area (Å²) in [6.45, 7) is 14.0. The fourth-order valence-corrected chi connectivity index (χ4v) is 3.48. The molecule has 0 saturated carbocycles. The number of rotatable bonds is 7. The highest BCUT2D eigenvalue weighted by Crippen LogP contribution is 2.26. The summed E-state index contributed by atoms with van der Waals surface area (Å²) in [5, 5.41) is 3.56. The molecular weight excluding hydrogens is 260 g/mol. The van der Waals surface area contributed by atoms with Crippen molar-refractivity contribution in [2.24, 2.45) is 11.3 Å². The number of nitrogens with zero attached hydrogens (tertiary/aromatic N) is 1. The van der Waals surface area contributed by atoms with E-state index in [1.54, 1.807) is 0 Å². The van der Waals surface area contributed by atoms with Crippen LogP contribution in [-0.4, -0.2) is 36.5 Å². The van der Waals surface area contributed by atoms with Crippen molar-refractivity contribution in [1.29, 1.82) is 0 Å². The molecule has 0 aromatic heterocycles. The molecule has 0 aliphatic carbocycles. The van der Waals surface area contributed by atoms with Crippen molar-refractivity contribution in [2.75, 3.05) is 19.6 Å². The maximum absolute atomic E-state index is 12.6. The second kappa shape index (κ2) is 8.77. The fourth-order valence-electron chi connectivity index (χ4n) is 3.48. The minimum atomic E-state index is 0.306. The van der Waals surface area contributed by atoms with Gasteiger partial charge in [0.05, 0.1) is 0 Å². The molecule has 2 unspecified atom stereocenters. The molecule has 0 spiro atoms. The van der Waals surface area contributed by atoms with Crippen LogP contribution in [0.25, 0.3) is 0 Å². The highest BCUT2D eigenvalue weighted by atomic mass is 16.2. The summed E-state index contributed by atoms with van der Waals surface area (Å²) in [6.07, 6.45) is 6.65. The maximum atomic E-state index is 12.6. The lowest BCUT2D eigenvalue weighted by Gasteiger charge is -2.32. The quantitative estimate of drug-likeness (QED) is 0.774. The lowest BCUT2D eigenvalue weighted by molar-refractivity contribution is -0.132. The Balaban J connectivity index is 2.47. The number of carbonyl (C=O) groups excluding carboxylic acids is 1. The standard InChI is InChI=1S/C18H36N2O/c1-6-11-20(14-16-9-7-8-10-19-16)17(21)12-15(2)13-18(3,4)5/h15-16,19H,6-14H2,1-5H3. The van der Waals surface area contributed by atoms with E-state index in [0.717, 1.165) is 32.5 Å². The van der Waals surface area contributed by atoms with Crippen molar-refractivity contribution >= 4 is 5.91 Å². The van der Waals surface area contributed by atoms with Gasteiger partial charge in [-0.3, -0.25) is 4.79 Å². The van der Waals surface area contributed by atoms with Gasteiger partial charge in [0.25, 0.3) is 0 Å². The Labute approximate surface area is 131 Å². The van der Waals surface area contributed by atoms with Gasteiger partial charge in [-0.25, -0.2) is 0 Å². The van der Waals surface area contributed by atoms with Crippen LogP contribution in [0.15, 0.2) is 0 Å². The first-order chi connectivity index (χ1) is 9.81. The van der Waals surface area contributed by atoms with Crippen LogP contribution >= 0.6 is 0 Å². The van der Waals surface area contributed by atoms with Crippen molar-refractivity contribution in [3.63, 3.8) is 0 Å². The van der Waals surface area contributed by atoms with E-state index >= 15 is 0 Å². The highest BCUT2D eigenvalue weighted by Gasteiger charge is 2.23. The molecule has 1 heterocycles. The van der Waals surface area contributed by atoms with Gasteiger partial charge in [-0.2, -0.15) is 0 Å². The number of carbonyl (C=O) groups is 1. The van der Waals surface area contributed by atoms with Crippen molar-refractivity contribution in [3.8, 4) is 0 Å². The zero-order valence-electron chi connectivity index (χ0n) is 14.9. The molecule has 1 N–H and O–H groups in total. The van der Waals surface area contributed by atoms with Crippen molar-refractivity contribution < 1.29 is 4.79 Å². The fraction of sp³-hybridized carbons (Fsp3) is 0.944.